The van der Waals surface area contributed by atoms with E-state index in [9.17, 15) is 5.11 Å². The molecule has 1 N–H and O–H groups in total. The highest BCUT2D eigenvalue weighted by Crippen LogP contribution is 2.22. The van der Waals surface area contributed by atoms with Gasteiger partial charge in [-0.2, -0.15) is 0 Å². The number of benzene rings is 1. The van der Waals surface area contributed by atoms with Crippen molar-refractivity contribution < 1.29 is 5.11 Å². The zero-order valence-electron chi connectivity index (χ0n) is 7.12. The summed E-state index contributed by atoms with van der Waals surface area (Å²) in [6.07, 6.45) is 5.78. The van der Waals surface area contributed by atoms with Crippen LogP contribution in [0, 0.1) is 12.3 Å². The number of hydrogen-bond acceptors (Lipinski definition) is 1. The lowest BCUT2D eigenvalue weighted by Gasteiger charge is -2.20. The van der Waals surface area contributed by atoms with Crippen LogP contribution in [0.3, 0.4) is 0 Å². The zero-order valence-corrected chi connectivity index (χ0v) is 7.12. The summed E-state index contributed by atoms with van der Waals surface area (Å²) in [6, 6.07) is 9.31. The van der Waals surface area contributed by atoms with E-state index in [1.165, 1.54) is 0 Å². The van der Waals surface area contributed by atoms with E-state index in [2.05, 4.69) is 5.92 Å². The molecule has 0 aliphatic rings. The van der Waals surface area contributed by atoms with E-state index in [4.69, 9.17) is 6.42 Å². The maximum atomic E-state index is 9.86. The lowest BCUT2D eigenvalue weighted by atomic mass is 9.92. The average Bonchev–Trinajstić information content (AvgIpc) is 2.18. The fourth-order valence-corrected chi connectivity index (χ4v) is 1.10. The Kier molecular flexibility index (Phi) is 2.52. The van der Waals surface area contributed by atoms with Crippen LogP contribution in [-0.4, -0.2) is 5.11 Å². The normalized spacial score (nSPS) is 14.8. The summed E-state index contributed by atoms with van der Waals surface area (Å²) < 4.78 is 0. The molecule has 0 fully saturated rings. The summed E-state index contributed by atoms with van der Waals surface area (Å²) in [5.74, 6) is 2.40. The van der Waals surface area contributed by atoms with E-state index in [1.807, 2.05) is 37.3 Å². The second-order valence-corrected chi connectivity index (χ2v) is 2.72. The van der Waals surface area contributed by atoms with Gasteiger partial charge in [0.15, 0.2) is 0 Å². The second-order valence-electron chi connectivity index (χ2n) is 2.72. The molecule has 0 spiro atoms. The van der Waals surface area contributed by atoms with E-state index < -0.39 is 5.60 Å². The predicted octanol–water partition coefficient (Wildman–Crippen LogP) is 1.92. The van der Waals surface area contributed by atoms with Crippen LogP contribution < -0.4 is 0 Å². The van der Waals surface area contributed by atoms with Crippen molar-refractivity contribution >= 4 is 0 Å². The Morgan fingerprint density at radius 3 is 2.42 bits per heavy atom. The Bertz CT molecular complexity index is 284. The number of rotatable bonds is 2. The van der Waals surface area contributed by atoms with Crippen molar-refractivity contribution in [1.29, 1.82) is 0 Å². The molecule has 0 saturated heterocycles. The van der Waals surface area contributed by atoms with E-state index in [0.717, 1.165) is 5.56 Å². The van der Waals surface area contributed by atoms with Crippen LogP contribution in [0.1, 0.15) is 18.9 Å². The lowest BCUT2D eigenvalue weighted by Crippen LogP contribution is -2.21. The van der Waals surface area contributed by atoms with Gasteiger partial charge in [0, 0.05) is 0 Å². The van der Waals surface area contributed by atoms with E-state index in [1.54, 1.807) is 0 Å². The van der Waals surface area contributed by atoms with Gasteiger partial charge in [0.25, 0.3) is 0 Å². The summed E-state index contributed by atoms with van der Waals surface area (Å²) in [5.41, 5.74) is -0.309. The molecule has 0 aromatic heterocycles. The summed E-state index contributed by atoms with van der Waals surface area (Å²) in [5, 5.41) is 9.86. The Balaban J connectivity index is 3.06. The zero-order chi connectivity index (χ0) is 9.03. The first-order chi connectivity index (χ1) is 5.73. The Morgan fingerprint density at radius 2 is 2.00 bits per heavy atom. The van der Waals surface area contributed by atoms with Crippen molar-refractivity contribution in [3.63, 3.8) is 0 Å². The molecule has 1 rings (SSSR count). The summed E-state index contributed by atoms with van der Waals surface area (Å²) in [4.78, 5) is 0. The van der Waals surface area contributed by atoms with Crippen molar-refractivity contribution in [3.05, 3.63) is 35.9 Å². The van der Waals surface area contributed by atoms with E-state index in [0.29, 0.717) is 6.42 Å². The number of terminal acetylenes is 1. The molecule has 0 aliphatic heterocycles. The van der Waals surface area contributed by atoms with Gasteiger partial charge in [0.2, 0.25) is 0 Å². The third kappa shape index (κ3) is 1.49. The fourth-order valence-electron chi connectivity index (χ4n) is 1.10. The molecule has 0 bridgehead atoms. The number of aliphatic hydroxyl groups is 1. The molecular formula is C11H12O. The first kappa shape index (κ1) is 8.83. The molecule has 1 heteroatoms. The molecule has 12 heavy (non-hydrogen) atoms. The highest BCUT2D eigenvalue weighted by Gasteiger charge is 2.22. The maximum absolute atomic E-state index is 9.86. The van der Waals surface area contributed by atoms with Crippen LogP contribution in [0.4, 0.5) is 0 Å². The molecule has 0 heterocycles. The molecule has 1 aromatic rings. The standard InChI is InChI=1S/C11H12O/c1-3-11(12,4-2)10-8-6-5-7-9-10/h1,5-9,12H,4H2,2H3/t11-/m0/s1. The number of hydrogen-bond donors (Lipinski definition) is 1. The summed E-state index contributed by atoms with van der Waals surface area (Å²) in [6.45, 7) is 1.87. The largest absolute Gasteiger partial charge is 0.373 e. The quantitative estimate of drug-likeness (QED) is 0.655. The van der Waals surface area contributed by atoms with Crippen molar-refractivity contribution in [2.45, 2.75) is 18.9 Å². The molecule has 1 aromatic carbocycles. The van der Waals surface area contributed by atoms with E-state index >= 15 is 0 Å². The molecule has 0 saturated carbocycles. The van der Waals surface area contributed by atoms with Crippen molar-refractivity contribution in [2.24, 2.45) is 0 Å². The topological polar surface area (TPSA) is 20.2 Å². The average molecular weight is 160 g/mol. The van der Waals surface area contributed by atoms with Crippen LogP contribution in [0.25, 0.3) is 0 Å². The molecule has 0 amide bonds. The van der Waals surface area contributed by atoms with Crippen LogP contribution >= 0.6 is 0 Å². The van der Waals surface area contributed by atoms with E-state index in [-0.39, 0.29) is 0 Å². The summed E-state index contributed by atoms with van der Waals surface area (Å²) >= 11 is 0. The SMILES string of the molecule is C#C[C@](O)(CC)c1ccccc1. The van der Waals surface area contributed by atoms with Gasteiger partial charge in [-0.3, -0.25) is 0 Å². The highest BCUT2D eigenvalue weighted by molar-refractivity contribution is 5.29. The van der Waals surface area contributed by atoms with Gasteiger partial charge in [0.05, 0.1) is 0 Å². The molecular weight excluding hydrogens is 148 g/mol. The van der Waals surface area contributed by atoms with Gasteiger partial charge >= 0.3 is 0 Å². The minimum atomic E-state index is -1.10. The predicted molar refractivity (Wildman–Crippen MR) is 49.5 cm³/mol. The first-order valence-corrected chi connectivity index (χ1v) is 3.98. The third-order valence-corrected chi connectivity index (χ3v) is 2.00. The van der Waals surface area contributed by atoms with Gasteiger partial charge in [-0.1, -0.05) is 43.2 Å². The van der Waals surface area contributed by atoms with Crippen molar-refractivity contribution in [2.75, 3.05) is 0 Å². The van der Waals surface area contributed by atoms with Crippen LogP contribution in [-0.2, 0) is 5.60 Å². The maximum Gasteiger partial charge on any atom is 0.150 e. The molecule has 0 radical (unpaired) electrons. The second kappa shape index (κ2) is 3.42. The highest BCUT2D eigenvalue weighted by atomic mass is 16.3. The van der Waals surface area contributed by atoms with Gasteiger partial charge < -0.3 is 5.11 Å². The molecule has 62 valence electrons. The van der Waals surface area contributed by atoms with Gasteiger partial charge in [0.1, 0.15) is 5.60 Å². The molecule has 1 atom stereocenters. The lowest BCUT2D eigenvalue weighted by molar-refractivity contribution is 0.0961. The summed E-state index contributed by atoms with van der Waals surface area (Å²) in [7, 11) is 0. The molecule has 1 nitrogen and oxygen atoms in total. The first-order valence-electron chi connectivity index (χ1n) is 3.98. The monoisotopic (exact) mass is 160 g/mol. The van der Waals surface area contributed by atoms with Crippen molar-refractivity contribution in [3.8, 4) is 12.3 Å². The third-order valence-electron chi connectivity index (χ3n) is 2.00. The van der Waals surface area contributed by atoms with Gasteiger partial charge in [-0.15, -0.1) is 6.42 Å². The van der Waals surface area contributed by atoms with Crippen LogP contribution in [0.2, 0.25) is 0 Å². The Labute approximate surface area is 73.0 Å². The van der Waals surface area contributed by atoms with Crippen molar-refractivity contribution in [1.82, 2.24) is 0 Å². The van der Waals surface area contributed by atoms with Gasteiger partial charge in [-0.05, 0) is 12.0 Å². The minimum Gasteiger partial charge on any atom is -0.373 e. The molecule has 0 unspecified atom stereocenters. The Morgan fingerprint density at radius 1 is 1.42 bits per heavy atom. The van der Waals surface area contributed by atoms with Crippen LogP contribution in [0.15, 0.2) is 30.3 Å². The smallest absolute Gasteiger partial charge is 0.150 e. The van der Waals surface area contributed by atoms with Gasteiger partial charge in [-0.25, -0.2) is 0 Å². The fraction of sp³-hybridized carbons (Fsp3) is 0.273. The Hall–Kier alpha value is -1.26. The van der Waals surface area contributed by atoms with Crippen LogP contribution in [0.5, 0.6) is 0 Å². The minimum absolute atomic E-state index is 0.535. The molecule has 0 aliphatic carbocycles.